The maximum atomic E-state index is 13.1. The molecule has 3 aromatic rings. The Labute approximate surface area is 183 Å². The molecule has 166 valence electrons. The Bertz CT molecular complexity index is 1190. The minimum absolute atomic E-state index is 0.0451. The summed E-state index contributed by atoms with van der Waals surface area (Å²) in [5.41, 5.74) is 1.43. The number of fused-ring (bicyclic) bond motifs is 1. The molecule has 0 radical (unpaired) electrons. The van der Waals surface area contributed by atoms with Gasteiger partial charge in [0.25, 0.3) is 0 Å². The number of likely N-dealkylation sites (tertiary alicyclic amines) is 1. The monoisotopic (exact) mass is 439 g/mol. The number of benzene rings is 2. The van der Waals surface area contributed by atoms with Crippen molar-refractivity contribution in [2.45, 2.75) is 31.8 Å². The zero-order valence-corrected chi connectivity index (χ0v) is 17.3. The van der Waals surface area contributed by atoms with Crippen molar-refractivity contribution in [1.29, 1.82) is 0 Å². The van der Waals surface area contributed by atoms with Crippen molar-refractivity contribution in [2.75, 3.05) is 19.8 Å². The Morgan fingerprint density at radius 2 is 1.84 bits per heavy atom. The molecule has 1 atom stereocenters. The van der Waals surface area contributed by atoms with Crippen molar-refractivity contribution >= 4 is 5.91 Å². The van der Waals surface area contributed by atoms with E-state index in [1.807, 2.05) is 18.2 Å². The first-order valence-electron chi connectivity index (χ1n) is 10.6. The van der Waals surface area contributed by atoms with Crippen LogP contribution < -0.4 is 15.2 Å². The zero-order chi connectivity index (χ0) is 22.1. The van der Waals surface area contributed by atoms with Gasteiger partial charge in [-0.25, -0.2) is 9.18 Å². The van der Waals surface area contributed by atoms with Crippen LogP contribution in [0.15, 0.2) is 51.7 Å². The van der Waals surface area contributed by atoms with Crippen LogP contribution in [0.5, 0.6) is 11.5 Å². The van der Waals surface area contributed by atoms with Gasteiger partial charge in [0.1, 0.15) is 12.4 Å². The number of halogens is 1. The van der Waals surface area contributed by atoms with Crippen LogP contribution in [0.25, 0.3) is 11.5 Å². The van der Waals surface area contributed by atoms with Crippen LogP contribution in [0, 0.1) is 5.82 Å². The SMILES string of the molecule is O=C(Cn1nc(-c2ccc(F)cc2)oc1=O)N1CCC[C@@H]1c1ccc2c(c1)OCCCO2. The van der Waals surface area contributed by atoms with Crippen LogP contribution in [0.4, 0.5) is 4.39 Å². The highest BCUT2D eigenvalue weighted by Crippen LogP contribution is 2.38. The van der Waals surface area contributed by atoms with Gasteiger partial charge in [-0.1, -0.05) is 6.07 Å². The van der Waals surface area contributed by atoms with Gasteiger partial charge in [-0.05, 0) is 54.8 Å². The molecule has 0 aliphatic carbocycles. The summed E-state index contributed by atoms with van der Waals surface area (Å²) in [5, 5.41) is 4.12. The molecule has 2 aromatic carbocycles. The Kier molecular flexibility index (Phi) is 5.38. The van der Waals surface area contributed by atoms with Gasteiger partial charge in [0.05, 0.1) is 19.3 Å². The molecule has 2 aliphatic heterocycles. The first-order chi connectivity index (χ1) is 15.6. The van der Waals surface area contributed by atoms with Gasteiger partial charge >= 0.3 is 5.76 Å². The quantitative estimate of drug-likeness (QED) is 0.621. The number of rotatable bonds is 4. The van der Waals surface area contributed by atoms with Crippen molar-refractivity contribution < 1.29 is 23.1 Å². The highest BCUT2D eigenvalue weighted by atomic mass is 19.1. The minimum atomic E-state index is -0.732. The maximum Gasteiger partial charge on any atom is 0.437 e. The van der Waals surface area contributed by atoms with Crippen molar-refractivity contribution in [2.24, 2.45) is 0 Å². The van der Waals surface area contributed by atoms with Gasteiger partial charge in [0.2, 0.25) is 11.8 Å². The molecule has 5 rings (SSSR count). The van der Waals surface area contributed by atoms with Crippen LogP contribution >= 0.6 is 0 Å². The smallest absolute Gasteiger partial charge is 0.437 e. The van der Waals surface area contributed by atoms with Crippen LogP contribution in [-0.2, 0) is 11.3 Å². The number of hydrogen-bond donors (Lipinski definition) is 0. The number of aromatic nitrogens is 2. The lowest BCUT2D eigenvalue weighted by Gasteiger charge is -2.25. The number of ether oxygens (including phenoxy) is 2. The predicted molar refractivity (Wildman–Crippen MR) is 112 cm³/mol. The van der Waals surface area contributed by atoms with E-state index < -0.39 is 11.6 Å². The molecule has 0 saturated carbocycles. The molecule has 9 heteroatoms. The van der Waals surface area contributed by atoms with Crippen molar-refractivity contribution in [3.05, 3.63) is 64.4 Å². The first kappa shape index (κ1) is 20.3. The van der Waals surface area contributed by atoms with E-state index in [1.165, 1.54) is 24.3 Å². The highest BCUT2D eigenvalue weighted by molar-refractivity contribution is 5.77. The van der Waals surface area contributed by atoms with Crippen LogP contribution in [0.2, 0.25) is 0 Å². The summed E-state index contributed by atoms with van der Waals surface area (Å²) in [7, 11) is 0. The lowest BCUT2D eigenvalue weighted by atomic mass is 10.0. The fraction of sp³-hybridized carbons (Fsp3) is 0.348. The number of carbonyl (C=O) groups is 1. The Morgan fingerprint density at radius 3 is 2.66 bits per heavy atom. The lowest BCUT2D eigenvalue weighted by molar-refractivity contribution is -0.133. The molecule has 32 heavy (non-hydrogen) atoms. The molecule has 1 amide bonds. The van der Waals surface area contributed by atoms with Gasteiger partial charge in [0, 0.05) is 18.5 Å². The van der Waals surface area contributed by atoms with Crippen LogP contribution in [-0.4, -0.2) is 40.3 Å². The van der Waals surface area contributed by atoms with E-state index >= 15 is 0 Å². The van der Waals surface area contributed by atoms with Crippen molar-refractivity contribution in [3.8, 4) is 23.0 Å². The Morgan fingerprint density at radius 1 is 1.06 bits per heavy atom. The molecule has 0 bridgehead atoms. The third kappa shape index (κ3) is 3.98. The van der Waals surface area contributed by atoms with E-state index in [4.69, 9.17) is 13.9 Å². The average Bonchev–Trinajstić information content (AvgIpc) is 3.35. The molecule has 0 spiro atoms. The average molecular weight is 439 g/mol. The van der Waals surface area contributed by atoms with Crippen LogP contribution in [0.1, 0.15) is 30.9 Å². The highest BCUT2D eigenvalue weighted by Gasteiger charge is 2.31. The van der Waals surface area contributed by atoms with Crippen molar-refractivity contribution in [3.63, 3.8) is 0 Å². The third-order valence-electron chi connectivity index (χ3n) is 5.71. The Balaban J connectivity index is 1.34. The summed E-state index contributed by atoms with van der Waals surface area (Å²) in [4.78, 5) is 27.1. The molecule has 1 fully saturated rings. The summed E-state index contributed by atoms with van der Waals surface area (Å²) in [6.45, 7) is 1.57. The summed E-state index contributed by atoms with van der Waals surface area (Å²) in [6.07, 6.45) is 2.50. The molecular weight excluding hydrogens is 417 g/mol. The minimum Gasteiger partial charge on any atom is -0.490 e. The van der Waals surface area contributed by atoms with E-state index in [0.29, 0.717) is 36.8 Å². The summed E-state index contributed by atoms with van der Waals surface area (Å²) >= 11 is 0. The molecule has 0 unspecified atom stereocenters. The van der Waals surface area contributed by atoms with E-state index in [2.05, 4.69) is 5.10 Å². The predicted octanol–water partition coefficient (Wildman–Crippen LogP) is 3.17. The molecular formula is C23H22FN3O5. The number of carbonyl (C=O) groups excluding carboxylic acids is 1. The maximum absolute atomic E-state index is 13.1. The lowest BCUT2D eigenvalue weighted by Crippen LogP contribution is -2.35. The molecule has 1 saturated heterocycles. The molecule has 1 aromatic heterocycles. The first-order valence-corrected chi connectivity index (χ1v) is 10.6. The largest absolute Gasteiger partial charge is 0.490 e. The normalized spacial score (nSPS) is 17.9. The second-order valence-electron chi connectivity index (χ2n) is 7.84. The molecule has 3 heterocycles. The van der Waals surface area contributed by atoms with Gasteiger partial charge in [-0.15, -0.1) is 5.10 Å². The Hall–Kier alpha value is -3.62. The van der Waals surface area contributed by atoms with Gasteiger partial charge < -0.3 is 18.8 Å². The number of amides is 1. The fourth-order valence-electron chi connectivity index (χ4n) is 4.13. The second-order valence-corrected chi connectivity index (χ2v) is 7.84. The topological polar surface area (TPSA) is 86.8 Å². The fourth-order valence-corrected chi connectivity index (χ4v) is 4.13. The summed E-state index contributed by atoms with van der Waals surface area (Å²) < 4.78 is 30.8. The van der Waals surface area contributed by atoms with Crippen molar-refractivity contribution in [1.82, 2.24) is 14.7 Å². The molecule has 2 aliphatic rings. The van der Waals surface area contributed by atoms with E-state index in [1.54, 1.807) is 4.90 Å². The second kappa shape index (κ2) is 8.49. The molecule has 0 N–H and O–H groups in total. The number of hydrogen-bond acceptors (Lipinski definition) is 6. The van der Waals surface area contributed by atoms with Gasteiger partial charge in [0.15, 0.2) is 11.5 Å². The zero-order valence-electron chi connectivity index (χ0n) is 17.3. The standard InChI is InChI=1S/C23H22FN3O5/c24-17-7-4-15(5-8-17)22-25-27(23(29)32-22)14-21(28)26-10-1-3-18(26)16-6-9-19-20(13-16)31-12-2-11-30-19/h4-9,13,18H,1-3,10-12,14H2/t18-/m1/s1. The van der Waals surface area contributed by atoms with E-state index in [9.17, 15) is 14.0 Å². The van der Waals surface area contributed by atoms with Gasteiger partial charge in [-0.3, -0.25) is 4.79 Å². The molecule has 8 nitrogen and oxygen atoms in total. The van der Waals surface area contributed by atoms with Gasteiger partial charge in [-0.2, -0.15) is 4.68 Å². The van der Waals surface area contributed by atoms with Crippen LogP contribution in [0.3, 0.4) is 0 Å². The summed E-state index contributed by atoms with van der Waals surface area (Å²) in [6, 6.07) is 11.1. The summed E-state index contributed by atoms with van der Waals surface area (Å²) in [5.74, 6) is 0.0921. The third-order valence-corrected chi connectivity index (χ3v) is 5.71. The number of nitrogens with zero attached hydrogens (tertiary/aromatic N) is 3. The van der Waals surface area contributed by atoms with E-state index in [0.717, 1.165) is 29.5 Å². The van der Waals surface area contributed by atoms with E-state index in [-0.39, 0.29) is 24.4 Å².